The predicted octanol–water partition coefficient (Wildman–Crippen LogP) is 3.45. The zero-order chi connectivity index (χ0) is 19.9. The van der Waals surface area contributed by atoms with Crippen LogP contribution in [-0.4, -0.2) is 40.0 Å². The van der Waals surface area contributed by atoms with Crippen molar-refractivity contribution in [1.29, 1.82) is 0 Å². The number of carbonyl (C=O) groups is 2. The minimum Gasteiger partial charge on any atom is -0.481 e. The number of hydrogen-bond acceptors (Lipinski definition) is 6. The van der Waals surface area contributed by atoms with Crippen LogP contribution in [0.4, 0.5) is 5.82 Å². The summed E-state index contributed by atoms with van der Waals surface area (Å²) in [5.41, 5.74) is 2.22. The van der Waals surface area contributed by atoms with Crippen molar-refractivity contribution in [1.82, 2.24) is 15.3 Å². The van der Waals surface area contributed by atoms with E-state index in [-0.39, 0.29) is 18.7 Å². The van der Waals surface area contributed by atoms with Gasteiger partial charge in [0.2, 0.25) is 5.91 Å². The highest BCUT2D eigenvalue weighted by Gasteiger charge is 2.16. The Hall–Kier alpha value is -3.00. The molecule has 2 heterocycles. The summed E-state index contributed by atoms with van der Waals surface area (Å²) in [7, 11) is 0. The van der Waals surface area contributed by atoms with Gasteiger partial charge in [0, 0.05) is 36.4 Å². The Morgan fingerprint density at radius 1 is 1.11 bits per heavy atom. The van der Waals surface area contributed by atoms with Crippen LogP contribution >= 0.6 is 11.3 Å². The molecule has 28 heavy (non-hydrogen) atoms. The number of carbonyl (C=O) groups excluding carboxylic acids is 1. The molecule has 0 spiro atoms. The summed E-state index contributed by atoms with van der Waals surface area (Å²) in [6, 6.07) is 10.1. The molecule has 3 rings (SSSR count). The van der Waals surface area contributed by atoms with Gasteiger partial charge in [-0.2, -0.15) is 0 Å². The smallest absolute Gasteiger partial charge is 0.303 e. The molecule has 0 radical (unpaired) electrons. The lowest BCUT2D eigenvalue weighted by Crippen LogP contribution is -2.26. The number of amides is 1. The number of thiophene rings is 1. The van der Waals surface area contributed by atoms with E-state index < -0.39 is 5.97 Å². The van der Waals surface area contributed by atoms with Gasteiger partial charge < -0.3 is 15.7 Å². The minimum atomic E-state index is -0.857. The zero-order valence-electron chi connectivity index (χ0n) is 15.6. The fourth-order valence-corrected chi connectivity index (χ4v) is 3.99. The number of anilines is 1. The lowest BCUT2D eigenvalue weighted by molar-refractivity contribution is -0.137. The number of hydrogen-bond donors (Lipinski definition) is 3. The van der Waals surface area contributed by atoms with Gasteiger partial charge in [0.25, 0.3) is 0 Å². The van der Waals surface area contributed by atoms with Gasteiger partial charge in [0.1, 0.15) is 17.0 Å². The molecule has 7 nitrogen and oxygen atoms in total. The molecule has 0 aliphatic heterocycles. The Morgan fingerprint density at radius 2 is 1.89 bits per heavy atom. The van der Waals surface area contributed by atoms with E-state index >= 15 is 0 Å². The van der Waals surface area contributed by atoms with E-state index in [2.05, 4.69) is 39.7 Å². The molecule has 0 atom stereocenters. The average Bonchev–Trinajstić information content (AvgIpc) is 3.02. The van der Waals surface area contributed by atoms with Crippen LogP contribution in [0.15, 0.2) is 36.7 Å². The first-order valence-electron chi connectivity index (χ1n) is 9.08. The van der Waals surface area contributed by atoms with Gasteiger partial charge in [-0.3, -0.25) is 9.59 Å². The highest BCUT2D eigenvalue weighted by Crippen LogP contribution is 2.40. The molecule has 8 heteroatoms. The van der Waals surface area contributed by atoms with Crippen LogP contribution in [-0.2, 0) is 9.59 Å². The number of nitrogens with zero attached hydrogens (tertiary/aromatic N) is 2. The molecule has 3 N–H and O–H groups in total. The van der Waals surface area contributed by atoms with Crippen molar-refractivity contribution >= 4 is 39.2 Å². The Kier molecular flexibility index (Phi) is 6.54. The number of aromatic nitrogens is 2. The lowest BCUT2D eigenvalue weighted by atomic mass is 10.0. The average molecular weight is 398 g/mol. The van der Waals surface area contributed by atoms with E-state index in [1.54, 1.807) is 11.3 Å². The second kappa shape index (κ2) is 9.27. The molecule has 0 saturated carbocycles. The van der Waals surface area contributed by atoms with Crippen LogP contribution in [0.1, 0.15) is 24.1 Å². The number of nitrogens with one attached hydrogen (secondary N) is 2. The molecule has 2 aromatic heterocycles. The molecule has 0 bridgehead atoms. The molecular weight excluding hydrogens is 376 g/mol. The Labute approximate surface area is 166 Å². The first kappa shape index (κ1) is 19.8. The van der Waals surface area contributed by atoms with Crippen LogP contribution < -0.4 is 10.6 Å². The van der Waals surface area contributed by atoms with Crippen molar-refractivity contribution in [3.63, 3.8) is 0 Å². The number of aliphatic carboxylic acids is 1. The van der Waals surface area contributed by atoms with Gasteiger partial charge in [-0.1, -0.05) is 30.3 Å². The van der Waals surface area contributed by atoms with E-state index in [9.17, 15) is 9.59 Å². The predicted molar refractivity (Wildman–Crippen MR) is 111 cm³/mol. The summed E-state index contributed by atoms with van der Waals surface area (Å²) in [5, 5.41) is 15.6. The third-order valence-corrected chi connectivity index (χ3v) is 5.27. The molecular formula is C20H22N4O3S. The second-order valence-corrected chi connectivity index (χ2v) is 7.53. The van der Waals surface area contributed by atoms with Crippen LogP contribution in [0.2, 0.25) is 0 Å². The van der Waals surface area contributed by atoms with Crippen LogP contribution in [0.3, 0.4) is 0 Å². The first-order chi connectivity index (χ1) is 13.6. The van der Waals surface area contributed by atoms with Gasteiger partial charge >= 0.3 is 5.97 Å². The summed E-state index contributed by atoms with van der Waals surface area (Å²) in [4.78, 5) is 33.2. The topological polar surface area (TPSA) is 104 Å². The summed E-state index contributed by atoms with van der Waals surface area (Å²) in [6.07, 6.45) is 2.29. The number of carboxylic acids is 1. The molecule has 0 fully saturated rings. The highest BCUT2D eigenvalue weighted by atomic mass is 32.1. The van der Waals surface area contributed by atoms with Crippen LogP contribution in [0, 0.1) is 6.92 Å². The molecule has 0 saturated heterocycles. The fraction of sp³-hybridized carbons (Fsp3) is 0.300. The van der Waals surface area contributed by atoms with E-state index in [0.29, 0.717) is 25.3 Å². The van der Waals surface area contributed by atoms with Crippen LogP contribution in [0.5, 0.6) is 0 Å². The maximum Gasteiger partial charge on any atom is 0.303 e. The fourth-order valence-electron chi connectivity index (χ4n) is 2.98. The largest absolute Gasteiger partial charge is 0.481 e. The van der Waals surface area contributed by atoms with E-state index in [4.69, 9.17) is 5.11 Å². The van der Waals surface area contributed by atoms with Gasteiger partial charge in [0.15, 0.2) is 0 Å². The van der Waals surface area contributed by atoms with Gasteiger partial charge in [-0.25, -0.2) is 9.97 Å². The number of carboxylic acid groups (broad SMARTS) is 1. The standard InChI is InChI=1S/C20H22N4O3S/c1-13-17(14-6-3-2-4-7-14)18-19(23-12-24-20(18)28-13)22-11-9-15(25)21-10-5-8-16(26)27/h2-4,6-7,12H,5,8-11H2,1H3,(H,21,25)(H,26,27)(H,22,23,24). The maximum atomic E-state index is 11.9. The number of aryl methyl sites for hydroxylation is 1. The molecule has 0 unspecified atom stereocenters. The van der Waals surface area contributed by atoms with Crippen molar-refractivity contribution in [3.05, 3.63) is 41.5 Å². The Bertz CT molecular complexity index is 972. The van der Waals surface area contributed by atoms with E-state index in [0.717, 1.165) is 21.3 Å². The van der Waals surface area contributed by atoms with E-state index in [1.807, 2.05) is 18.2 Å². The monoisotopic (exact) mass is 398 g/mol. The Balaban J connectivity index is 1.67. The summed E-state index contributed by atoms with van der Waals surface area (Å²) in [5.74, 6) is -0.260. The SMILES string of the molecule is Cc1sc2ncnc(NCCC(=O)NCCCC(=O)O)c2c1-c1ccccc1. The van der Waals surface area contributed by atoms with Crippen molar-refractivity contribution < 1.29 is 14.7 Å². The third kappa shape index (κ3) is 4.83. The second-order valence-electron chi connectivity index (χ2n) is 6.33. The van der Waals surface area contributed by atoms with E-state index in [1.165, 1.54) is 11.2 Å². The molecule has 1 amide bonds. The number of fused-ring (bicyclic) bond motifs is 1. The zero-order valence-corrected chi connectivity index (χ0v) is 16.4. The number of rotatable bonds is 9. The summed E-state index contributed by atoms with van der Waals surface area (Å²) < 4.78 is 0. The molecule has 0 aliphatic rings. The molecule has 3 aromatic rings. The summed E-state index contributed by atoms with van der Waals surface area (Å²) in [6.45, 7) is 2.87. The van der Waals surface area contributed by atoms with Crippen molar-refractivity contribution in [2.45, 2.75) is 26.2 Å². The van der Waals surface area contributed by atoms with Crippen LogP contribution in [0.25, 0.3) is 21.3 Å². The van der Waals surface area contributed by atoms with Crippen molar-refractivity contribution in [2.24, 2.45) is 0 Å². The maximum absolute atomic E-state index is 11.9. The molecule has 146 valence electrons. The Morgan fingerprint density at radius 3 is 2.64 bits per heavy atom. The molecule has 0 aliphatic carbocycles. The normalized spacial score (nSPS) is 10.8. The molecule has 1 aromatic carbocycles. The minimum absolute atomic E-state index is 0.0528. The van der Waals surface area contributed by atoms with Gasteiger partial charge in [0.05, 0.1) is 5.39 Å². The van der Waals surface area contributed by atoms with Crippen molar-refractivity contribution in [2.75, 3.05) is 18.4 Å². The van der Waals surface area contributed by atoms with Gasteiger partial charge in [-0.15, -0.1) is 11.3 Å². The first-order valence-corrected chi connectivity index (χ1v) is 9.90. The number of benzene rings is 1. The lowest BCUT2D eigenvalue weighted by Gasteiger charge is -2.09. The van der Waals surface area contributed by atoms with Gasteiger partial charge in [-0.05, 0) is 18.9 Å². The van der Waals surface area contributed by atoms with Crippen molar-refractivity contribution in [3.8, 4) is 11.1 Å². The quantitative estimate of drug-likeness (QED) is 0.477. The highest BCUT2D eigenvalue weighted by molar-refractivity contribution is 7.19. The summed E-state index contributed by atoms with van der Waals surface area (Å²) >= 11 is 1.63. The third-order valence-electron chi connectivity index (χ3n) is 4.26.